The summed E-state index contributed by atoms with van der Waals surface area (Å²) in [6, 6.07) is 6.50. The molecule has 0 heterocycles. The molecule has 0 aliphatic heterocycles. The van der Waals surface area contributed by atoms with Crippen LogP contribution in [0.3, 0.4) is 0 Å². The van der Waals surface area contributed by atoms with Crippen molar-refractivity contribution < 1.29 is 18.0 Å². The fourth-order valence-corrected chi connectivity index (χ4v) is 2.47. The summed E-state index contributed by atoms with van der Waals surface area (Å²) in [4.78, 5) is 14.2. The van der Waals surface area contributed by atoms with E-state index in [0.29, 0.717) is 5.69 Å². The second kappa shape index (κ2) is 7.92. The van der Waals surface area contributed by atoms with Crippen LogP contribution in [0.25, 0.3) is 0 Å². The second-order valence-electron chi connectivity index (χ2n) is 5.47. The SMILES string of the molecule is CCN(CC)c1ccc(NC(=O)Nc2ccc(F)c(F)c2F)c(C)c1. The Morgan fingerprint density at radius 1 is 0.960 bits per heavy atom. The fraction of sp³-hybridized carbons (Fsp3) is 0.278. The van der Waals surface area contributed by atoms with Crippen LogP contribution >= 0.6 is 0 Å². The quantitative estimate of drug-likeness (QED) is 0.753. The first-order valence-electron chi connectivity index (χ1n) is 7.94. The molecule has 0 fully saturated rings. The van der Waals surface area contributed by atoms with Crippen LogP contribution in [0.4, 0.5) is 35.0 Å². The van der Waals surface area contributed by atoms with Crippen LogP contribution in [0.2, 0.25) is 0 Å². The van der Waals surface area contributed by atoms with Crippen molar-refractivity contribution in [2.24, 2.45) is 0 Å². The summed E-state index contributed by atoms with van der Waals surface area (Å²) in [6.45, 7) is 7.65. The second-order valence-corrected chi connectivity index (χ2v) is 5.47. The summed E-state index contributed by atoms with van der Waals surface area (Å²) in [5.41, 5.74) is 1.95. The van der Waals surface area contributed by atoms with E-state index in [2.05, 4.69) is 29.4 Å². The van der Waals surface area contributed by atoms with Gasteiger partial charge in [0.05, 0.1) is 5.69 Å². The van der Waals surface area contributed by atoms with Crippen molar-refractivity contribution >= 4 is 23.1 Å². The van der Waals surface area contributed by atoms with E-state index in [4.69, 9.17) is 0 Å². The highest BCUT2D eigenvalue weighted by Gasteiger charge is 2.15. The van der Waals surface area contributed by atoms with Crippen molar-refractivity contribution in [1.29, 1.82) is 0 Å². The Labute approximate surface area is 144 Å². The molecule has 2 rings (SSSR count). The fourth-order valence-electron chi connectivity index (χ4n) is 2.47. The highest BCUT2D eigenvalue weighted by atomic mass is 19.2. The van der Waals surface area contributed by atoms with Gasteiger partial charge in [-0.15, -0.1) is 0 Å². The molecule has 0 saturated carbocycles. The van der Waals surface area contributed by atoms with Crippen LogP contribution < -0.4 is 15.5 Å². The number of halogens is 3. The van der Waals surface area contributed by atoms with Crippen LogP contribution in [-0.4, -0.2) is 19.1 Å². The lowest BCUT2D eigenvalue weighted by Gasteiger charge is -2.22. The lowest BCUT2D eigenvalue weighted by atomic mass is 10.1. The Bertz CT molecular complexity index is 776. The van der Waals surface area contributed by atoms with Gasteiger partial charge in [-0.2, -0.15) is 0 Å². The van der Waals surface area contributed by atoms with Gasteiger partial charge < -0.3 is 15.5 Å². The monoisotopic (exact) mass is 351 g/mol. The number of carbonyl (C=O) groups is 1. The van der Waals surface area contributed by atoms with Crippen molar-refractivity contribution in [3.05, 3.63) is 53.3 Å². The predicted octanol–water partition coefficient (Wildman–Crippen LogP) is 4.90. The third kappa shape index (κ3) is 4.23. The zero-order valence-electron chi connectivity index (χ0n) is 14.3. The van der Waals surface area contributed by atoms with Gasteiger partial charge in [0, 0.05) is 24.5 Å². The maximum atomic E-state index is 13.6. The van der Waals surface area contributed by atoms with Crippen molar-refractivity contribution in [3.8, 4) is 0 Å². The minimum Gasteiger partial charge on any atom is -0.372 e. The van der Waals surface area contributed by atoms with E-state index in [1.54, 1.807) is 6.07 Å². The number of urea groups is 1. The zero-order valence-corrected chi connectivity index (χ0v) is 14.3. The topological polar surface area (TPSA) is 44.4 Å². The highest BCUT2D eigenvalue weighted by Crippen LogP contribution is 2.24. The van der Waals surface area contributed by atoms with E-state index < -0.39 is 29.2 Å². The molecule has 0 atom stereocenters. The number of hydrogen-bond donors (Lipinski definition) is 2. The van der Waals surface area contributed by atoms with Crippen molar-refractivity contribution in [2.75, 3.05) is 28.6 Å². The summed E-state index contributed by atoms with van der Waals surface area (Å²) < 4.78 is 39.7. The standard InChI is InChI=1S/C18H20F3N3O/c1-4-24(5-2)12-6-8-14(11(3)10-12)22-18(25)23-15-9-7-13(19)16(20)17(15)21/h6-10H,4-5H2,1-3H3,(H2,22,23,25). The van der Waals surface area contributed by atoms with Gasteiger partial charge in [-0.1, -0.05) is 0 Å². The van der Waals surface area contributed by atoms with Gasteiger partial charge in [0.25, 0.3) is 0 Å². The minimum absolute atomic E-state index is 0.436. The van der Waals surface area contributed by atoms with Gasteiger partial charge in [-0.05, 0) is 56.7 Å². The van der Waals surface area contributed by atoms with Gasteiger partial charge in [0.2, 0.25) is 0 Å². The van der Waals surface area contributed by atoms with Crippen molar-refractivity contribution in [1.82, 2.24) is 0 Å². The average Bonchev–Trinajstić information content (AvgIpc) is 2.59. The Kier molecular flexibility index (Phi) is 5.90. The van der Waals surface area contributed by atoms with Crippen LogP contribution in [0.1, 0.15) is 19.4 Å². The largest absolute Gasteiger partial charge is 0.372 e. The molecule has 2 amide bonds. The van der Waals surface area contributed by atoms with E-state index in [9.17, 15) is 18.0 Å². The Balaban J connectivity index is 2.12. The molecule has 0 aromatic heterocycles. The number of aryl methyl sites for hydroxylation is 1. The molecule has 0 saturated heterocycles. The van der Waals surface area contributed by atoms with Crippen molar-refractivity contribution in [2.45, 2.75) is 20.8 Å². The number of nitrogens with one attached hydrogen (secondary N) is 2. The van der Waals surface area contributed by atoms with Crippen LogP contribution in [-0.2, 0) is 0 Å². The predicted molar refractivity (Wildman–Crippen MR) is 93.7 cm³/mol. The lowest BCUT2D eigenvalue weighted by Crippen LogP contribution is -2.23. The van der Waals surface area contributed by atoms with E-state index in [0.717, 1.165) is 36.5 Å². The number of amides is 2. The molecule has 0 spiro atoms. The smallest absolute Gasteiger partial charge is 0.323 e. The first-order chi connectivity index (χ1) is 11.9. The average molecular weight is 351 g/mol. The summed E-state index contributed by atoms with van der Waals surface area (Å²) in [5.74, 6) is -4.38. The van der Waals surface area contributed by atoms with Gasteiger partial charge >= 0.3 is 6.03 Å². The molecular weight excluding hydrogens is 331 g/mol. The third-order valence-electron chi connectivity index (χ3n) is 3.87. The summed E-state index contributed by atoms with van der Waals surface area (Å²) in [6.07, 6.45) is 0. The molecule has 25 heavy (non-hydrogen) atoms. The Morgan fingerprint density at radius 2 is 1.56 bits per heavy atom. The van der Waals surface area contributed by atoms with Crippen LogP contribution in [0.5, 0.6) is 0 Å². The van der Waals surface area contributed by atoms with E-state index in [-0.39, 0.29) is 0 Å². The first-order valence-corrected chi connectivity index (χ1v) is 7.94. The van der Waals surface area contributed by atoms with Crippen LogP contribution in [0, 0.1) is 24.4 Å². The zero-order chi connectivity index (χ0) is 18.6. The molecule has 0 bridgehead atoms. The van der Waals surface area contributed by atoms with Crippen molar-refractivity contribution in [3.63, 3.8) is 0 Å². The highest BCUT2D eigenvalue weighted by molar-refractivity contribution is 6.00. The van der Waals surface area contributed by atoms with E-state index in [1.165, 1.54) is 0 Å². The first kappa shape index (κ1) is 18.6. The molecule has 134 valence electrons. The molecule has 2 aromatic rings. The van der Waals surface area contributed by atoms with Crippen LogP contribution in [0.15, 0.2) is 30.3 Å². The molecule has 0 radical (unpaired) electrons. The molecule has 2 aromatic carbocycles. The van der Waals surface area contributed by atoms with Gasteiger partial charge in [-0.3, -0.25) is 0 Å². The summed E-state index contributed by atoms with van der Waals surface area (Å²) in [5, 5.41) is 4.74. The van der Waals surface area contributed by atoms with Gasteiger partial charge in [0.15, 0.2) is 17.5 Å². The third-order valence-corrected chi connectivity index (χ3v) is 3.87. The number of benzene rings is 2. The summed E-state index contributed by atoms with van der Waals surface area (Å²) >= 11 is 0. The number of carbonyl (C=O) groups excluding carboxylic acids is 1. The summed E-state index contributed by atoms with van der Waals surface area (Å²) in [7, 11) is 0. The number of anilines is 3. The lowest BCUT2D eigenvalue weighted by molar-refractivity contribution is 0.262. The molecule has 4 nitrogen and oxygen atoms in total. The molecule has 0 unspecified atom stereocenters. The maximum absolute atomic E-state index is 13.6. The molecule has 0 aliphatic rings. The van der Waals surface area contributed by atoms with E-state index >= 15 is 0 Å². The van der Waals surface area contributed by atoms with Gasteiger partial charge in [-0.25, -0.2) is 18.0 Å². The minimum atomic E-state index is -1.63. The maximum Gasteiger partial charge on any atom is 0.323 e. The number of nitrogens with zero attached hydrogens (tertiary/aromatic N) is 1. The molecule has 7 heteroatoms. The van der Waals surface area contributed by atoms with E-state index in [1.807, 2.05) is 19.1 Å². The molecular formula is C18H20F3N3O. The number of hydrogen-bond acceptors (Lipinski definition) is 2. The Hall–Kier alpha value is -2.70. The van der Waals surface area contributed by atoms with Gasteiger partial charge in [0.1, 0.15) is 0 Å². The normalized spacial score (nSPS) is 10.5. The Morgan fingerprint density at radius 3 is 2.16 bits per heavy atom. The number of rotatable bonds is 5. The molecule has 2 N–H and O–H groups in total. The molecule has 0 aliphatic carbocycles.